The second-order valence-electron chi connectivity index (χ2n) is 5.78. The zero-order chi connectivity index (χ0) is 17.7. The van der Waals surface area contributed by atoms with Gasteiger partial charge < -0.3 is 20.3 Å². The summed E-state index contributed by atoms with van der Waals surface area (Å²) in [4.78, 5) is 18.4. The largest absolute Gasteiger partial charge is 0.495 e. The molecule has 0 aliphatic heterocycles. The third-order valence-electron chi connectivity index (χ3n) is 3.89. The maximum atomic E-state index is 12.3. The van der Waals surface area contributed by atoms with Gasteiger partial charge in [0.1, 0.15) is 5.75 Å². The number of ether oxygens (including phenoxy) is 1. The first-order valence-corrected chi connectivity index (χ1v) is 7.76. The molecule has 2 N–H and O–H groups in total. The van der Waals surface area contributed by atoms with Crippen molar-refractivity contribution in [1.82, 2.24) is 10.3 Å². The molecule has 128 valence electrons. The number of hydrogen-bond acceptors (Lipinski definition) is 4. The van der Waals surface area contributed by atoms with E-state index in [1.165, 1.54) is 0 Å². The third kappa shape index (κ3) is 3.95. The monoisotopic (exact) mass is 328 g/mol. The fourth-order valence-corrected chi connectivity index (χ4v) is 2.60. The Bertz CT molecular complexity index is 716. The standard InChI is InChI=1S/C18H24N4O2/c1-12-15(7-6-8-16(12)22(3)4)21-18(23)20-13(2)14-9-10-19-11-17(14)24-5/h6-11,13H,1-5H3,(H2,20,21,23). The third-order valence-corrected chi connectivity index (χ3v) is 3.89. The van der Waals surface area contributed by atoms with Crippen LogP contribution >= 0.6 is 0 Å². The minimum absolute atomic E-state index is 0.208. The molecule has 1 aromatic carbocycles. The molecule has 1 atom stereocenters. The average molecular weight is 328 g/mol. The Hall–Kier alpha value is -2.76. The van der Waals surface area contributed by atoms with E-state index in [-0.39, 0.29) is 12.1 Å². The number of urea groups is 1. The average Bonchev–Trinajstić information content (AvgIpc) is 2.56. The number of carbonyl (C=O) groups excluding carboxylic acids is 1. The van der Waals surface area contributed by atoms with Crippen LogP contribution in [-0.2, 0) is 0 Å². The molecule has 0 aliphatic rings. The molecule has 0 fully saturated rings. The highest BCUT2D eigenvalue weighted by molar-refractivity contribution is 5.91. The number of hydrogen-bond donors (Lipinski definition) is 2. The zero-order valence-corrected chi connectivity index (χ0v) is 14.8. The van der Waals surface area contributed by atoms with E-state index in [2.05, 4.69) is 15.6 Å². The van der Waals surface area contributed by atoms with E-state index in [9.17, 15) is 4.79 Å². The van der Waals surface area contributed by atoms with Gasteiger partial charge in [-0.2, -0.15) is 0 Å². The second kappa shape index (κ2) is 7.68. The maximum Gasteiger partial charge on any atom is 0.319 e. The molecule has 1 heterocycles. The Kier molecular flexibility index (Phi) is 5.63. The molecule has 0 aliphatic carbocycles. The summed E-state index contributed by atoms with van der Waals surface area (Å²) in [5.41, 5.74) is 3.75. The predicted octanol–water partition coefficient (Wildman–Crippen LogP) is 3.35. The lowest BCUT2D eigenvalue weighted by Crippen LogP contribution is -2.31. The Morgan fingerprint density at radius 2 is 2.04 bits per heavy atom. The van der Waals surface area contributed by atoms with Gasteiger partial charge in [-0.3, -0.25) is 4.98 Å². The molecule has 6 nitrogen and oxygen atoms in total. The molecule has 0 saturated heterocycles. The van der Waals surface area contributed by atoms with Crippen LogP contribution in [0.15, 0.2) is 36.7 Å². The summed E-state index contributed by atoms with van der Waals surface area (Å²) in [7, 11) is 5.54. The van der Waals surface area contributed by atoms with Crippen molar-refractivity contribution < 1.29 is 9.53 Å². The van der Waals surface area contributed by atoms with Crippen molar-refractivity contribution in [3.05, 3.63) is 47.8 Å². The van der Waals surface area contributed by atoms with Crippen LogP contribution in [0.4, 0.5) is 16.2 Å². The Balaban J connectivity index is 2.10. The highest BCUT2D eigenvalue weighted by atomic mass is 16.5. The van der Waals surface area contributed by atoms with Crippen molar-refractivity contribution in [3.63, 3.8) is 0 Å². The van der Waals surface area contributed by atoms with Crippen LogP contribution in [0, 0.1) is 6.92 Å². The van der Waals surface area contributed by atoms with Crippen molar-refractivity contribution in [2.45, 2.75) is 19.9 Å². The van der Waals surface area contributed by atoms with Gasteiger partial charge in [0.05, 0.1) is 19.3 Å². The van der Waals surface area contributed by atoms with Crippen LogP contribution in [-0.4, -0.2) is 32.2 Å². The lowest BCUT2D eigenvalue weighted by atomic mass is 10.1. The quantitative estimate of drug-likeness (QED) is 0.883. The molecule has 2 amide bonds. The number of amides is 2. The van der Waals surface area contributed by atoms with Crippen molar-refractivity contribution >= 4 is 17.4 Å². The molecule has 1 unspecified atom stereocenters. The second-order valence-corrected chi connectivity index (χ2v) is 5.78. The van der Waals surface area contributed by atoms with Gasteiger partial charge in [0.15, 0.2) is 0 Å². The highest BCUT2D eigenvalue weighted by Crippen LogP contribution is 2.26. The molecular weight excluding hydrogens is 304 g/mol. The van der Waals surface area contributed by atoms with Crippen LogP contribution in [0.1, 0.15) is 24.1 Å². The Morgan fingerprint density at radius 3 is 2.71 bits per heavy atom. The number of aromatic nitrogens is 1. The van der Waals surface area contributed by atoms with Gasteiger partial charge in [-0.15, -0.1) is 0 Å². The number of nitrogens with one attached hydrogen (secondary N) is 2. The molecule has 0 spiro atoms. The fraction of sp³-hybridized carbons (Fsp3) is 0.333. The van der Waals surface area contributed by atoms with Crippen LogP contribution < -0.4 is 20.3 Å². The number of methoxy groups -OCH3 is 1. The van der Waals surface area contributed by atoms with Gasteiger partial charge in [-0.25, -0.2) is 4.79 Å². The summed E-state index contributed by atoms with van der Waals surface area (Å²) in [6.07, 6.45) is 3.31. The van der Waals surface area contributed by atoms with E-state index < -0.39 is 0 Å². The first-order chi connectivity index (χ1) is 11.4. The van der Waals surface area contributed by atoms with E-state index in [4.69, 9.17) is 4.74 Å². The van der Waals surface area contributed by atoms with E-state index in [0.717, 1.165) is 22.5 Å². The molecule has 2 aromatic rings. The summed E-state index contributed by atoms with van der Waals surface area (Å²) < 4.78 is 5.29. The lowest BCUT2D eigenvalue weighted by Gasteiger charge is -2.20. The lowest BCUT2D eigenvalue weighted by molar-refractivity contribution is 0.249. The summed E-state index contributed by atoms with van der Waals surface area (Å²) in [6.45, 7) is 3.89. The zero-order valence-electron chi connectivity index (χ0n) is 14.8. The first kappa shape index (κ1) is 17.6. The van der Waals surface area contributed by atoms with E-state index in [1.54, 1.807) is 19.5 Å². The molecule has 0 saturated carbocycles. The molecule has 1 aromatic heterocycles. The van der Waals surface area contributed by atoms with Gasteiger partial charge in [0.25, 0.3) is 0 Å². The van der Waals surface area contributed by atoms with Crippen LogP contribution in [0.5, 0.6) is 5.75 Å². The normalized spacial score (nSPS) is 11.5. The van der Waals surface area contributed by atoms with Gasteiger partial charge >= 0.3 is 6.03 Å². The fourth-order valence-electron chi connectivity index (χ4n) is 2.60. The van der Waals surface area contributed by atoms with Crippen molar-refractivity contribution in [1.29, 1.82) is 0 Å². The number of benzene rings is 1. The summed E-state index contributed by atoms with van der Waals surface area (Å²) in [6, 6.07) is 7.19. The van der Waals surface area contributed by atoms with Crippen LogP contribution in [0.3, 0.4) is 0 Å². The molecule has 6 heteroatoms. The number of rotatable bonds is 5. The van der Waals surface area contributed by atoms with Gasteiger partial charge in [-0.05, 0) is 37.6 Å². The SMILES string of the molecule is COc1cnccc1C(C)NC(=O)Nc1cccc(N(C)C)c1C. The maximum absolute atomic E-state index is 12.3. The predicted molar refractivity (Wildman–Crippen MR) is 96.9 cm³/mol. The summed E-state index contributed by atoms with van der Waals surface area (Å²) >= 11 is 0. The molecule has 24 heavy (non-hydrogen) atoms. The topological polar surface area (TPSA) is 66.5 Å². The van der Waals surface area contributed by atoms with E-state index >= 15 is 0 Å². The molecule has 2 rings (SSSR count). The van der Waals surface area contributed by atoms with Crippen molar-refractivity contribution in [2.24, 2.45) is 0 Å². The van der Waals surface area contributed by atoms with E-state index in [1.807, 2.05) is 57.1 Å². The minimum atomic E-state index is -0.264. The number of nitrogens with zero attached hydrogens (tertiary/aromatic N) is 2. The van der Waals surface area contributed by atoms with Crippen LogP contribution in [0.25, 0.3) is 0 Å². The minimum Gasteiger partial charge on any atom is -0.495 e. The van der Waals surface area contributed by atoms with Crippen LogP contribution in [0.2, 0.25) is 0 Å². The van der Waals surface area contributed by atoms with E-state index in [0.29, 0.717) is 5.75 Å². The van der Waals surface area contributed by atoms with Gasteiger partial charge in [-0.1, -0.05) is 6.07 Å². The molecule has 0 bridgehead atoms. The Morgan fingerprint density at radius 1 is 1.29 bits per heavy atom. The van der Waals surface area contributed by atoms with Crippen molar-refractivity contribution in [2.75, 3.05) is 31.4 Å². The summed E-state index contributed by atoms with van der Waals surface area (Å²) in [5.74, 6) is 0.649. The highest BCUT2D eigenvalue weighted by Gasteiger charge is 2.15. The first-order valence-electron chi connectivity index (χ1n) is 7.76. The summed E-state index contributed by atoms with van der Waals surface area (Å²) in [5, 5.41) is 5.83. The van der Waals surface area contributed by atoms with Crippen molar-refractivity contribution in [3.8, 4) is 5.75 Å². The number of anilines is 2. The van der Waals surface area contributed by atoms with Gasteiger partial charge in [0, 0.05) is 37.2 Å². The Labute approximate surface area is 142 Å². The smallest absolute Gasteiger partial charge is 0.319 e. The number of carbonyl (C=O) groups is 1. The van der Waals surface area contributed by atoms with Gasteiger partial charge in [0.2, 0.25) is 0 Å². The molecule has 0 radical (unpaired) electrons. The molecular formula is C18H24N4O2. The number of pyridine rings is 1.